The van der Waals surface area contributed by atoms with E-state index in [0.717, 1.165) is 29.4 Å². The smallest absolute Gasteiger partial charge is 0.183 e. The fourth-order valence-electron chi connectivity index (χ4n) is 1.41. The second kappa shape index (κ2) is 4.67. The van der Waals surface area contributed by atoms with Gasteiger partial charge in [-0.1, -0.05) is 11.3 Å². The highest BCUT2D eigenvalue weighted by Crippen LogP contribution is 2.26. The van der Waals surface area contributed by atoms with Crippen molar-refractivity contribution >= 4 is 32.4 Å². The number of hydrogen-bond acceptors (Lipinski definition) is 5. The van der Waals surface area contributed by atoms with Gasteiger partial charge in [0.1, 0.15) is 0 Å². The van der Waals surface area contributed by atoms with Gasteiger partial charge in [-0.2, -0.15) is 0 Å². The van der Waals surface area contributed by atoms with Crippen molar-refractivity contribution in [1.29, 1.82) is 0 Å². The lowest BCUT2D eigenvalue weighted by Gasteiger charge is -2.08. The third kappa shape index (κ3) is 2.62. The average Bonchev–Trinajstić information content (AvgIpc) is 2.58. The Morgan fingerprint density at radius 1 is 1.44 bits per heavy atom. The molecule has 0 aliphatic rings. The van der Waals surface area contributed by atoms with Crippen LogP contribution in [0.25, 0.3) is 10.2 Å². The Hall–Kier alpha value is -1.33. The van der Waals surface area contributed by atoms with Crippen LogP contribution in [0.4, 0.5) is 10.8 Å². The Bertz CT molecular complexity index is 478. The largest absolute Gasteiger partial charge is 0.399 e. The highest BCUT2D eigenvalue weighted by Gasteiger charge is 2.03. The molecule has 0 unspecified atom stereocenters. The second-order valence-electron chi connectivity index (χ2n) is 3.98. The van der Waals surface area contributed by atoms with Gasteiger partial charge in [0.05, 0.1) is 10.2 Å². The molecule has 0 saturated carbocycles. The quantitative estimate of drug-likeness (QED) is 0.796. The Morgan fingerprint density at radius 3 is 3.00 bits per heavy atom. The average molecular weight is 236 g/mol. The van der Waals surface area contributed by atoms with Crippen LogP contribution in [0.3, 0.4) is 0 Å². The molecular formula is C11H16N4S. The Morgan fingerprint density at radius 2 is 2.25 bits per heavy atom. The van der Waals surface area contributed by atoms with Crippen molar-refractivity contribution in [2.45, 2.75) is 0 Å². The number of likely N-dealkylation sites (N-methyl/N-ethyl adjacent to an activating group) is 1. The van der Waals surface area contributed by atoms with Crippen LogP contribution in [0.2, 0.25) is 0 Å². The molecule has 0 fully saturated rings. The van der Waals surface area contributed by atoms with Gasteiger partial charge in [0.15, 0.2) is 5.13 Å². The van der Waals surface area contributed by atoms with Crippen molar-refractivity contribution in [2.24, 2.45) is 0 Å². The zero-order valence-electron chi connectivity index (χ0n) is 9.53. The molecule has 0 aliphatic carbocycles. The number of nitrogens with zero attached hydrogens (tertiary/aromatic N) is 2. The molecule has 0 aliphatic heterocycles. The van der Waals surface area contributed by atoms with Crippen LogP contribution in [0.5, 0.6) is 0 Å². The number of hydrogen-bond donors (Lipinski definition) is 2. The van der Waals surface area contributed by atoms with Crippen LogP contribution in [0, 0.1) is 0 Å². The molecule has 0 amide bonds. The van der Waals surface area contributed by atoms with Crippen molar-refractivity contribution < 1.29 is 0 Å². The molecule has 3 N–H and O–H groups in total. The predicted octanol–water partition coefficient (Wildman–Crippen LogP) is 1.85. The number of nitrogens with one attached hydrogen (secondary N) is 1. The molecule has 4 nitrogen and oxygen atoms in total. The van der Waals surface area contributed by atoms with E-state index >= 15 is 0 Å². The number of thiazole rings is 1. The van der Waals surface area contributed by atoms with Crippen LogP contribution in [0.1, 0.15) is 0 Å². The van der Waals surface area contributed by atoms with Crippen LogP contribution >= 0.6 is 11.3 Å². The van der Waals surface area contributed by atoms with Gasteiger partial charge < -0.3 is 16.0 Å². The van der Waals surface area contributed by atoms with Gasteiger partial charge in [0, 0.05) is 18.8 Å². The first-order chi connectivity index (χ1) is 7.65. The molecule has 16 heavy (non-hydrogen) atoms. The molecule has 0 radical (unpaired) electrons. The molecule has 5 heteroatoms. The van der Waals surface area contributed by atoms with Crippen LogP contribution < -0.4 is 11.1 Å². The Labute approximate surface area is 99.1 Å². The summed E-state index contributed by atoms with van der Waals surface area (Å²) in [4.78, 5) is 6.62. The first kappa shape index (κ1) is 11.2. The number of fused-ring (bicyclic) bond motifs is 1. The normalized spacial score (nSPS) is 11.2. The van der Waals surface area contributed by atoms with E-state index in [-0.39, 0.29) is 0 Å². The van der Waals surface area contributed by atoms with E-state index in [2.05, 4.69) is 29.3 Å². The van der Waals surface area contributed by atoms with E-state index in [9.17, 15) is 0 Å². The molecular weight excluding hydrogens is 220 g/mol. The molecule has 86 valence electrons. The summed E-state index contributed by atoms with van der Waals surface area (Å²) in [5.74, 6) is 0. The second-order valence-corrected chi connectivity index (χ2v) is 5.01. The fourth-order valence-corrected chi connectivity index (χ4v) is 2.28. The van der Waals surface area contributed by atoms with Gasteiger partial charge in [-0.3, -0.25) is 0 Å². The minimum atomic E-state index is 0.762. The van der Waals surface area contributed by atoms with Crippen molar-refractivity contribution in [3.05, 3.63) is 18.2 Å². The molecule has 1 heterocycles. The summed E-state index contributed by atoms with van der Waals surface area (Å²) < 4.78 is 1.17. The SMILES string of the molecule is CN(C)CCNc1nc2cc(N)ccc2s1. The maximum atomic E-state index is 5.71. The lowest BCUT2D eigenvalue weighted by Crippen LogP contribution is -2.20. The Balaban J connectivity index is 2.08. The minimum Gasteiger partial charge on any atom is -0.399 e. The lowest BCUT2D eigenvalue weighted by molar-refractivity contribution is 0.425. The summed E-state index contributed by atoms with van der Waals surface area (Å²) in [6.45, 7) is 1.90. The molecule has 0 spiro atoms. The van der Waals surface area contributed by atoms with E-state index in [1.165, 1.54) is 4.70 Å². The highest BCUT2D eigenvalue weighted by molar-refractivity contribution is 7.22. The van der Waals surface area contributed by atoms with E-state index in [1.807, 2.05) is 18.2 Å². The molecule has 2 aromatic rings. The van der Waals surface area contributed by atoms with Crippen LogP contribution in [-0.2, 0) is 0 Å². The van der Waals surface area contributed by atoms with Gasteiger partial charge in [0.25, 0.3) is 0 Å². The monoisotopic (exact) mass is 236 g/mol. The summed E-state index contributed by atoms with van der Waals surface area (Å²) in [5, 5.41) is 4.27. The minimum absolute atomic E-state index is 0.762. The predicted molar refractivity (Wildman–Crippen MR) is 71.1 cm³/mol. The van der Waals surface area contributed by atoms with Gasteiger partial charge >= 0.3 is 0 Å². The molecule has 2 rings (SSSR count). The third-order valence-electron chi connectivity index (χ3n) is 2.25. The van der Waals surface area contributed by atoms with Crippen LogP contribution in [0.15, 0.2) is 18.2 Å². The van der Waals surface area contributed by atoms with E-state index in [1.54, 1.807) is 11.3 Å². The number of nitrogen functional groups attached to an aromatic ring is 1. The van der Waals surface area contributed by atoms with Gasteiger partial charge in [0.2, 0.25) is 0 Å². The topological polar surface area (TPSA) is 54.2 Å². The summed E-state index contributed by atoms with van der Waals surface area (Å²) >= 11 is 1.66. The maximum Gasteiger partial charge on any atom is 0.183 e. The third-order valence-corrected chi connectivity index (χ3v) is 3.24. The number of rotatable bonds is 4. The lowest BCUT2D eigenvalue weighted by atomic mass is 10.3. The summed E-state index contributed by atoms with van der Waals surface area (Å²) in [5.41, 5.74) is 7.44. The van der Waals surface area contributed by atoms with E-state index in [4.69, 9.17) is 5.73 Å². The van der Waals surface area contributed by atoms with Crippen molar-refractivity contribution in [1.82, 2.24) is 9.88 Å². The summed E-state index contributed by atoms with van der Waals surface area (Å²) in [6, 6.07) is 5.83. The number of anilines is 2. The molecule has 0 bridgehead atoms. The van der Waals surface area contributed by atoms with E-state index < -0.39 is 0 Å². The number of nitrogens with two attached hydrogens (primary N) is 1. The number of benzene rings is 1. The first-order valence-corrected chi connectivity index (χ1v) is 6.01. The molecule has 1 aromatic carbocycles. The zero-order valence-corrected chi connectivity index (χ0v) is 10.3. The molecule has 1 aromatic heterocycles. The maximum absolute atomic E-state index is 5.71. The summed E-state index contributed by atoms with van der Waals surface area (Å²) in [7, 11) is 4.11. The zero-order chi connectivity index (χ0) is 11.5. The first-order valence-electron chi connectivity index (χ1n) is 5.20. The number of aromatic nitrogens is 1. The standard InChI is InChI=1S/C11H16N4S/c1-15(2)6-5-13-11-14-9-7-8(12)3-4-10(9)16-11/h3-4,7H,5-6,12H2,1-2H3,(H,13,14). The fraction of sp³-hybridized carbons (Fsp3) is 0.364. The van der Waals surface area contributed by atoms with Crippen molar-refractivity contribution in [3.63, 3.8) is 0 Å². The van der Waals surface area contributed by atoms with Gasteiger partial charge in [-0.15, -0.1) is 0 Å². The Kier molecular flexibility index (Phi) is 3.26. The van der Waals surface area contributed by atoms with Crippen molar-refractivity contribution in [2.75, 3.05) is 38.2 Å². The molecule has 0 atom stereocenters. The highest BCUT2D eigenvalue weighted by atomic mass is 32.1. The van der Waals surface area contributed by atoms with Crippen LogP contribution in [-0.4, -0.2) is 37.1 Å². The molecule has 0 saturated heterocycles. The van der Waals surface area contributed by atoms with Gasteiger partial charge in [-0.25, -0.2) is 4.98 Å². The summed E-state index contributed by atoms with van der Waals surface area (Å²) in [6.07, 6.45) is 0. The van der Waals surface area contributed by atoms with E-state index in [0.29, 0.717) is 0 Å². The van der Waals surface area contributed by atoms with Gasteiger partial charge in [-0.05, 0) is 32.3 Å². The van der Waals surface area contributed by atoms with Crippen molar-refractivity contribution in [3.8, 4) is 0 Å².